The molecule has 11 heteroatoms. The Morgan fingerprint density at radius 1 is 0.750 bits per heavy atom. The van der Waals surface area contributed by atoms with Crippen LogP contribution in [-0.2, 0) is 12.5 Å². The minimum absolute atomic E-state index is 0.208. The van der Waals surface area contributed by atoms with E-state index < -0.39 is 81.4 Å². The summed E-state index contributed by atoms with van der Waals surface area (Å²) in [4.78, 5) is 0. The Labute approximate surface area is 245 Å². The SMILES string of the molecule is CCCCc1cc(F)c(C#Cc2ccc(C(F)(F)Oc3cc(F)c(C#CC4=CC(F)C(F)C(F)=C4)c(F)c3)c(F)c2)c(F)c1. The van der Waals surface area contributed by atoms with Crippen LogP contribution in [0.1, 0.15) is 47.6 Å². The second-order valence-corrected chi connectivity index (χ2v) is 9.61. The molecule has 44 heavy (non-hydrogen) atoms. The molecule has 0 radical (unpaired) electrons. The zero-order valence-electron chi connectivity index (χ0n) is 22.7. The number of ether oxygens (including phenoxy) is 1. The second kappa shape index (κ2) is 13.3. The summed E-state index contributed by atoms with van der Waals surface area (Å²) in [5.41, 5.74) is -3.07. The first kappa shape index (κ1) is 32.3. The fourth-order valence-electron chi connectivity index (χ4n) is 4.06. The van der Waals surface area contributed by atoms with Gasteiger partial charge in [-0.1, -0.05) is 37.0 Å². The van der Waals surface area contributed by atoms with E-state index in [0.29, 0.717) is 48.4 Å². The number of unbranched alkanes of at least 4 members (excludes halogenated alkanes) is 1. The van der Waals surface area contributed by atoms with E-state index in [9.17, 15) is 43.9 Å². The third-order valence-corrected chi connectivity index (χ3v) is 6.30. The molecule has 2 unspecified atom stereocenters. The number of alkyl halides is 4. The van der Waals surface area contributed by atoms with Crippen LogP contribution < -0.4 is 4.74 Å². The van der Waals surface area contributed by atoms with Gasteiger partial charge in [0.1, 0.15) is 46.2 Å². The van der Waals surface area contributed by atoms with Crippen molar-refractivity contribution in [1.29, 1.82) is 0 Å². The maximum absolute atomic E-state index is 14.8. The molecule has 0 N–H and O–H groups in total. The van der Waals surface area contributed by atoms with Gasteiger partial charge in [0.05, 0.1) is 11.1 Å². The van der Waals surface area contributed by atoms with E-state index in [0.717, 1.165) is 31.0 Å². The molecule has 228 valence electrons. The maximum Gasteiger partial charge on any atom is 0.429 e. The molecule has 1 nitrogen and oxygen atoms in total. The van der Waals surface area contributed by atoms with Crippen molar-refractivity contribution in [2.24, 2.45) is 0 Å². The standard InChI is InChI=1S/C33H20F10O/c1-2-3-4-19-12-25(34)22(26(35)13-19)8-5-18-7-10-24(29(38)11-18)33(42,43)44-21-16-27(36)23(28(37)17-21)9-6-20-14-30(39)32(41)31(40)15-20/h7,10-17,30,32H,2-4H2,1H3. The second-order valence-electron chi connectivity index (χ2n) is 9.61. The van der Waals surface area contributed by atoms with Gasteiger partial charge in [0.2, 0.25) is 0 Å². The predicted molar refractivity (Wildman–Crippen MR) is 142 cm³/mol. The van der Waals surface area contributed by atoms with E-state index in [1.54, 1.807) is 0 Å². The summed E-state index contributed by atoms with van der Waals surface area (Å²) in [6.45, 7) is 1.92. The quantitative estimate of drug-likeness (QED) is 0.197. The first-order valence-corrected chi connectivity index (χ1v) is 13.0. The number of hydrogen-bond donors (Lipinski definition) is 0. The van der Waals surface area contributed by atoms with Crippen molar-refractivity contribution in [3.05, 3.63) is 123 Å². The molecule has 1 aliphatic carbocycles. The molecule has 0 fully saturated rings. The summed E-state index contributed by atoms with van der Waals surface area (Å²) in [5, 5.41) is 0. The molecule has 0 spiro atoms. The fourth-order valence-corrected chi connectivity index (χ4v) is 4.06. The molecule has 0 aliphatic heterocycles. The Morgan fingerprint density at radius 2 is 1.34 bits per heavy atom. The van der Waals surface area contributed by atoms with Gasteiger partial charge in [-0.2, -0.15) is 8.78 Å². The largest absolute Gasteiger partial charge is 0.429 e. The van der Waals surface area contributed by atoms with Crippen molar-refractivity contribution in [1.82, 2.24) is 0 Å². The van der Waals surface area contributed by atoms with Gasteiger partial charge in [-0.05, 0) is 60.9 Å². The van der Waals surface area contributed by atoms with Gasteiger partial charge >= 0.3 is 6.11 Å². The van der Waals surface area contributed by atoms with Crippen LogP contribution in [0.4, 0.5) is 43.9 Å². The Balaban J connectivity index is 1.52. The van der Waals surface area contributed by atoms with Gasteiger partial charge in [0, 0.05) is 23.3 Å². The average molecular weight is 623 g/mol. The molecule has 0 amide bonds. The molecule has 3 aromatic rings. The monoisotopic (exact) mass is 622 g/mol. The number of hydrogen-bond acceptors (Lipinski definition) is 1. The van der Waals surface area contributed by atoms with Crippen molar-refractivity contribution >= 4 is 0 Å². The molecule has 2 atom stereocenters. The van der Waals surface area contributed by atoms with Crippen LogP contribution in [0.2, 0.25) is 0 Å². The molecule has 0 saturated heterocycles. The van der Waals surface area contributed by atoms with Crippen molar-refractivity contribution < 1.29 is 48.6 Å². The van der Waals surface area contributed by atoms with Gasteiger partial charge in [0.25, 0.3) is 0 Å². The average Bonchev–Trinajstić information content (AvgIpc) is 2.93. The molecule has 4 rings (SSSR count). The molecular weight excluding hydrogens is 602 g/mol. The summed E-state index contributed by atoms with van der Waals surface area (Å²) in [6, 6.07) is 4.99. The number of benzene rings is 3. The smallest absolute Gasteiger partial charge is 0.429 e. The highest BCUT2D eigenvalue weighted by atomic mass is 19.3. The van der Waals surface area contributed by atoms with Crippen LogP contribution in [0, 0.1) is 52.8 Å². The van der Waals surface area contributed by atoms with Crippen LogP contribution in [0.25, 0.3) is 0 Å². The van der Waals surface area contributed by atoms with Gasteiger partial charge in [0.15, 0.2) is 12.3 Å². The van der Waals surface area contributed by atoms with Gasteiger partial charge in [-0.25, -0.2) is 35.1 Å². The number of aryl methyl sites for hydroxylation is 1. The molecule has 0 bridgehead atoms. The highest BCUT2D eigenvalue weighted by Crippen LogP contribution is 2.35. The zero-order valence-corrected chi connectivity index (χ0v) is 22.7. The summed E-state index contributed by atoms with van der Waals surface area (Å²) in [5.74, 6) is -0.381. The normalized spacial score (nSPS) is 16.2. The highest BCUT2D eigenvalue weighted by molar-refractivity contribution is 5.50. The van der Waals surface area contributed by atoms with Gasteiger partial charge < -0.3 is 4.74 Å². The summed E-state index contributed by atoms with van der Waals surface area (Å²) < 4.78 is 146. The molecular formula is C33H20F10O. The Bertz CT molecular complexity index is 1720. The van der Waals surface area contributed by atoms with Gasteiger partial charge in [-0.15, -0.1) is 0 Å². The van der Waals surface area contributed by atoms with Crippen molar-refractivity contribution in [3.8, 4) is 29.4 Å². The van der Waals surface area contributed by atoms with E-state index in [1.165, 1.54) is 0 Å². The zero-order chi connectivity index (χ0) is 32.2. The van der Waals surface area contributed by atoms with Gasteiger partial charge in [-0.3, -0.25) is 0 Å². The van der Waals surface area contributed by atoms with Crippen LogP contribution in [0.3, 0.4) is 0 Å². The Hall–Kier alpha value is -4.64. The van der Waals surface area contributed by atoms with E-state index in [1.807, 2.05) is 12.8 Å². The highest BCUT2D eigenvalue weighted by Gasteiger charge is 2.38. The van der Waals surface area contributed by atoms with Crippen LogP contribution in [0.5, 0.6) is 5.75 Å². The topological polar surface area (TPSA) is 9.23 Å². The number of halogens is 10. The maximum atomic E-state index is 14.8. The molecule has 0 aromatic heterocycles. The van der Waals surface area contributed by atoms with Crippen molar-refractivity contribution in [2.45, 2.75) is 44.6 Å². The van der Waals surface area contributed by atoms with Crippen LogP contribution in [0.15, 0.2) is 66.0 Å². The third-order valence-electron chi connectivity index (χ3n) is 6.30. The Kier molecular flexibility index (Phi) is 9.78. The lowest BCUT2D eigenvalue weighted by Crippen LogP contribution is -2.23. The summed E-state index contributed by atoms with van der Waals surface area (Å²) in [7, 11) is 0. The van der Waals surface area contributed by atoms with E-state index >= 15 is 0 Å². The molecule has 0 saturated carbocycles. The predicted octanol–water partition coefficient (Wildman–Crippen LogP) is 9.07. The minimum Gasteiger partial charge on any atom is -0.429 e. The summed E-state index contributed by atoms with van der Waals surface area (Å²) in [6.07, 6.45) is -6.21. The first-order valence-electron chi connectivity index (χ1n) is 13.0. The van der Waals surface area contributed by atoms with E-state index in [2.05, 4.69) is 22.5 Å². The van der Waals surface area contributed by atoms with Crippen LogP contribution >= 0.6 is 0 Å². The molecule has 1 aliphatic rings. The van der Waals surface area contributed by atoms with Crippen LogP contribution in [-0.4, -0.2) is 12.3 Å². The lowest BCUT2D eigenvalue weighted by atomic mass is 10.0. The third kappa shape index (κ3) is 7.46. The van der Waals surface area contributed by atoms with E-state index in [-0.39, 0.29) is 5.56 Å². The fraction of sp³-hybridized carbons (Fsp3) is 0.212. The van der Waals surface area contributed by atoms with Crippen molar-refractivity contribution in [3.63, 3.8) is 0 Å². The number of allylic oxidation sites excluding steroid dienone is 4. The Morgan fingerprint density at radius 3 is 1.91 bits per heavy atom. The van der Waals surface area contributed by atoms with Crippen molar-refractivity contribution in [2.75, 3.05) is 0 Å². The molecule has 0 heterocycles. The first-order chi connectivity index (χ1) is 20.8. The molecule has 3 aromatic carbocycles. The lowest BCUT2D eigenvalue weighted by molar-refractivity contribution is -0.187. The number of rotatable bonds is 6. The summed E-state index contributed by atoms with van der Waals surface area (Å²) >= 11 is 0. The van der Waals surface area contributed by atoms with E-state index in [4.69, 9.17) is 0 Å². The minimum atomic E-state index is -4.46. The lowest BCUT2D eigenvalue weighted by Gasteiger charge is -2.19.